The Morgan fingerprint density at radius 1 is 1.50 bits per heavy atom. The molecule has 1 amide bonds. The summed E-state index contributed by atoms with van der Waals surface area (Å²) in [6.45, 7) is 3.62. The Morgan fingerprint density at radius 3 is 2.61 bits per heavy atom. The van der Waals surface area contributed by atoms with Crippen LogP contribution in [0.2, 0.25) is 5.02 Å². The first kappa shape index (κ1) is 14.9. The molecule has 1 aromatic rings. The van der Waals surface area contributed by atoms with Crippen LogP contribution >= 0.6 is 11.6 Å². The summed E-state index contributed by atoms with van der Waals surface area (Å²) in [5.41, 5.74) is 5.11. The SMILES string of the molecule is CC[C@@H](C)NS(=O)(=O)c1ccc(Cl)c(C(N)=O)c1. The summed E-state index contributed by atoms with van der Waals surface area (Å²) in [5.74, 6) is -0.763. The largest absolute Gasteiger partial charge is 0.366 e. The molecule has 100 valence electrons. The fraction of sp³-hybridized carbons (Fsp3) is 0.364. The second-order valence-electron chi connectivity index (χ2n) is 3.94. The number of hydrogen-bond acceptors (Lipinski definition) is 3. The Hall–Kier alpha value is -1.11. The van der Waals surface area contributed by atoms with Crippen molar-refractivity contribution in [3.8, 4) is 0 Å². The van der Waals surface area contributed by atoms with E-state index >= 15 is 0 Å². The minimum atomic E-state index is -3.66. The summed E-state index contributed by atoms with van der Waals surface area (Å²) < 4.78 is 26.4. The summed E-state index contributed by atoms with van der Waals surface area (Å²) >= 11 is 5.76. The van der Waals surface area contributed by atoms with Gasteiger partial charge in [-0.3, -0.25) is 4.79 Å². The van der Waals surface area contributed by atoms with Gasteiger partial charge in [0.15, 0.2) is 0 Å². The van der Waals surface area contributed by atoms with E-state index in [2.05, 4.69) is 4.72 Å². The van der Waals surface area contributed by atoms with Crippen molar-refractivity contribution >= 4 is 27.5 Å². The maximum Gasteiger partial charge on any atom is 0.250 e. The fourth-order valence-electron chi connectivity index (χ4n) is 1.28. The number of nitrogens with two attached hydrogens (primary N) is 1. The Kier molecular flexibility index (Phi) is 4.72. The molecule has 1 aromatic carbocycles. The van der Waals surface area contributed by atoms with E-state index in [1.807, 2.05) is 6.92 Å². The normalized spacial score (nSPS) is 13.3. The molecule has 0 heterocycles. The molecule has 0 aliphatic carbocycles. The van der Waals surface area contributed by atoms with Gasteiger partial charge in [-0.1, -0.05) is 18.5 Å². The third-order valence-corrected chi connectivity index (χ3v) is 4.40. The Balaban J connectivity index is 3.18. The lowest BCUT2D eigenvalue weighted by Gasteiger charge is -2.12. The fourth-order valence-corrected chi connectivity index (χ4v) is 2.84. The number of carbonyl (C=O) groups excluding carboxylic acids is 1. The monoisotopic (exact) mass is 290 g/mol. The highest BCUT2D eigenvalue weighted by Crippen LogP contribution is 2.20. The van der Waals surface area contributed by atoms with Crippen molar-refractivity contribution in [2.45, 2.75) is 31.2 Å². The summed E-state index contributed by atoms with van der Waals surface area (Å²) in [4.78, 5) is 11.1. The van der Waals surface area contributed by atoms with Crippen LogP contribution in [-0.2, 0) is 10.0 Å². The predicted molar refractivity (Wildman–Crippen MR) is 70.0 cm³/mol. The average molecular weight is 291 g/mol. The van der Waals surface area contributed by atoms with Crippen LogP contribution in [0.5, 0.6) is 0 Å². The highest BCUT2D eigenvalue weighted by Gasteiger charge is 2.19. The lowest BCUT2D eigenvalue weighted by Crippen LogP contribution is -2.32. The molecule has 1 atom stereocenters. The van der Waals surface area contributed by atoms with Gasteiger partial charge < -0.3 is 5.73 Å². The number of nitrogens with one attached hydrogen (secondary N) is 1. The maximum atomic E-state index is 12.0. The van der Waals surface area contributed by atoms with E-state index in [4.69, 9.17) is 17.3 Å². The number of halogens is 1. The molecule has 7 heteroatoms. The van der Waals surface area contributed by atoms with Crippen molar-refractivity contribution in [1.29, 1.82) is 0 Å². The van der Waals surface area contributed by atoms with Crippen LogP contribution in [0.1, 0.15) is 30.6 Å². The zero-order valence-corrected chi connectivity index (χ0v) is 11.7. The molecule has 0 radical (unpaired) electrons. The number of primary amides is 1. The third-order valence-electron chi connectivity index (χ3n) is 2.48. The number of amides is 1. The van der Waals surface area contributed by atoms with Crippen LogP contribution in [0.4, 0.5) is 0 Å². The topological polar surface area (TPSA) is 89.3 Å². The van der Waals surface area contributed by atoms with E-state index < -0.39 is 15.9 Å². The van der Waals surface area contributed by atoms with Crippen molar-refractivity contribution in [3.05, 3.63) is 28.8 Å². The van der Waals surface area contributed by atoms with Gasteiger partial charge in [-0.15, -0.1) is 0 Å². The van der Waals surface area contributed by atoms with Gasteiger partial charge in [-0.2, -0.15) is 0 Å². The van der Waals surface area contributed by atoms with Gasteiger partial charge in [-0.05, 0) is 31.5 Å². The van der Waals surface area contributed by atoms with Gasteiger partial charge in [0.1, 0.15) is 0 Å². The highest BCUT2D eigenvalue weighted by atomic mass is 35.5. The molecule has 5 nitrogen and oxygen atoms in total. The lowest BCUT2D eigenvalue weighted by molar-refractivity contribution is 0.1000. The van der Waals surface area contributed by atoms with Crippen LogP contribution in [-0.4, -0.2) is 20.4 Å². The van der Waals surface area contributed by atoms with E-state index in [1.54, 1.807) is 6.92 Å². The van der Waals surface area contributed by atoms with Crippen LogP contribution in [0.25, 0.3) is 0 Å². The van der Waals surface area contributed by atoms with Gasteiger partial charge in [-0.25, -0.2) is 13.1 Å². The molecule has 0 unspecified atom stereocenters. The first-order chi connectivity index (χ1) is 8.27. The second-order valence-corrected chi connectivity index (χ2v) is 6.06. The van der Waals surface area contributed by atoms with Crippen LogP contribution in [0.3, 0.4) is 0 Å². The number of hydrogen-bond donors (Lipinski definition) is 2. The van der Waals surface area contributed by atoms with E-state index in [0.717, 1.165) is 0 Å². The smallest absolute Gasteiger partial charge is 0.250 e. The predicted octanol–water partition coefficient (Wildman–Crippen LogP) is 1.52. The van der Waals surface area contributed by atoms with Crippen molar-refractivity contribution in [1.82, 2.24) is 4.72 Å². The molecular formula is C11H15ClN2O3S. The zero-order chi connectivity index (χ0) is 13.9. The summed E-state index contributed by atoms with van der Waals surface area (Å²) in [7, 11) is -3.66. The molecule has 0 aliphatic rings. The molecule has 0 fully saturated rings. The van der Waals surface area contributed by atoms with Crippen molar-refractivity contribution < 1.29 is 13.2 Å². The minimum Gasteiger partial charge on any atom is -0.366 e. The molecular weight excluding hydrogens is 276 g/mol. The Labute approximate surface area is 111 Å². The molecule has 0 aromatic heterocycles. The molecule has 18 heavy (non-hydrogen) atoms. The van der Waals surface area contributed by atoms with Crippen LogP contribution in [0, 0.1) is 0 Å². The molecule has 0 aliphatic heterocycles. The molecule has 0 saturated carbocycles. The van der Waals surface area contributed by atoms with Crippen molar-refractivity contribution in [2.75, 3.05) is 0 Å². The Morgan fingerprint density at radius 2 is 2.11 bits per heavy atom. The van der Waals surface area contributed by atoms with Gasteiger partial charge >= 0.3 is 0 Å². The van der Waals surface area contributed by atoms with E-state index in [1.165, 1.54) is 18.2 Å². The number of benzene rings is 1. The molecule has 0 bridgehead atoms. The highest BCUT2D eigenvalue weighted by molar-refractivity contribution is 7.89. The minimum absolute atomic E-state index is 0.0105. The van der Waals surface area contributed by atoms with Gasteiger partial charge in [0.05, 0.1) is 15.5 Å². The summed E-state index contributed by atoms with van der Waals surface area (Å²) in [6.07, 6.45) is 0.662. The second kappa shape index (κ2) is 5.69. The zero-order valence-electron chi connectivity index (χ0n) is 10.1. The average Bonchev–Trinajstić information content (AvgIpc) is 2.28. The number of rotatable bonds is 5. The molecule has 3 N–H and O–H groups in total. The van der Waals surface area contributed by atoms with E-state index in [9.17, 15) is 13.2 Å². The molecule has 0 spiro atoms. The number of sulfonamides is 1. The van der Waals surface area contributed by atoms with Gasteiger partial charge in [0.2, 0.25) is 15.9 Å². The standard InChI is InChI=1S/C11H15ClN2O3S/c1-3-7(2)14-18(16,17)8-4-5-10(12)9(6-8)11(13)15/h4-7,14H,3H2,1-2H3,(H2,13,15)/t7-/m1/s1. The van der Waals surface area contributed by atoms with Crippen LogP contribution in [0.15, 0.2) is 23.1 Å². The quantitative estimate of drug-likeness (QED) is 0.861. The number of carbonyl (C=O) groups is 1. The Bertz CT molecular complexity index is 557. The lowest BCUT2D eigenvalue weighted by atomic mass is 10.2. The first-order valence-electron chi connectivity index (χ1n) is 5.39. The third kappa shape index (κ3) is 3.44. The first-order valence-corrected chi connectivity index (χ1v) is 7.25. The van der Waals surface area contributed by atoms with Crippen LogP contribution < -0.4 is 10.5 Å². The van der Waals surface area contributed by atoms with E-state index in [-0.39, 0.29) is 21.5 Å². The van der Waals surface area contributed by atoms with Crippen molar-refractivity contribution in [2.24, 2.45) is 5.73 Å². The maximum absolute atomic E-state index is 12.0. The van der Waals surface area contributed by atoms with E-state index in [0.29, 0.717) is 6.42 Å². The molecule has 0 saturated heterocycles. The van der Waals surface area contributed by atoms with Gasteiger partial charge in [0.25, 0.3) is 0 Å². The van der Waals surface area contributed by atoms with Gasteiger partial charge in [0, 0.05) is 6.04 Å². The van der Waals surface area contributed by atoms with Crippen molar-refractivity contribution in [3.63, 3.8) is 0 Å². The molecule has 1 rings (SSSR count). The summed E-state index contributed by atoms with van der Waals surface area (Å²) in [5, 5.41) is 0.130. The summed E-state index contributed by atoms with van der Waals surface area (Å²) in [6, 6.07) is 3.66.